The van der Waals surface area contributed by atoms with Crippen molar-refractivity contribution in [3.05, 3.63) is 96.3 Å². The van der Waals surface area contributed by atoms with Crippen LogP contribution in [0, 0.1) is 5.82 Å². The van der Waals surface area contributed by atoms with Crippen LogP contribution < -0.4 is 0 Å². The molecule has 1 heteroatoms. The average Bonchev–Trinajstić information content (AvgIpc) is 2.69. The summed E-state index contributed by atoms with van der Waals surface area (Å²) in [5, 5.41) is 1.59. The molecule has 0 aliphatic heterocycles. The van der Waals surface area contributed by atoms with Crippen molar-refractivity contribution < 1.29 is 4.39 Å². The van der Waals surface area contributed by atoms with Crippen molar-refractivity contribution in [2.24, 2.45) is 0 Å². The molecule has 4 aromatic rings. The topological polar surface area (TPSA) is 0 Å². The van der Waals surface area contributed by atoms with Gasteiger partial charge in [-0.05, 0) is 40.1 Å². The molecule has 25 heavy (non-hydrogen) atoms. The first-order chi connectivity index (χ1) is 12.3. The SMILES string of the molecule is CCc1ccc(-c2ccc3c(F)c(-c4ccccc4)ccc3c2)cc1. The molecule has 0 N–H and O–H groups in total. The molecular weight excluding hydrogens is 307 g/mol. The number of benzene rings is 4. The lowest BCUT2D eigenvalue weighted by atomic mass is 9.96. The van der Waals surface area contributed by atoms with Gasteiger partial charge in [-0.2, -0.15) is 0 Å². The van der Waals surface area contributed by atoms with Gasteiger partial charge in [-0.25, -0.2) is 4.39 Å². The first-order valence-corrected chi connectivity index (χ1v) is 8.63. The van der Waals surface area contributed by atoms with Crippen molar-refractivity contribution in [3.63, 3.8) is 0 Å². The molecule has 0 aliphatic carbocycles. The zero-order valence-electron chi connectivity index (χ0n) is 14.2. The molecule has 0 nitrogen and oxygen atoms in total. The van der Waals surface area contributed by atoms with Gasteiger partial charge in [-0.3, -0.25) is 0 Å². The fourth-order valence-corrected chi connectivity index (χ4v) is 3.24. The standard InChI is InChI=1S/C24H19F/c1-2-17-8-10-18(11-9-17)20-12-14-23-21(16-20)13-15-22(24(23)25)19-6-4-3-5-7-19/h3-16H,2H2,1H3. The van der Waals surface area contributed by atoms with E-state index in [1.54, 1.807) is 0 Å². The molecule has 0 saturated heterocycles. The Hall–Kier alpha value is -2.93. The Balaban J connectivity index is 1.79. The third-order valence-electron chi connectivity index (χ3n) is 4.73. The van der Waals surface area contributed by atoms with Crippen molar-refractivity contribution in [2.45, 2.75) is 13.3 Å². The maximum atomic E-state index is 15.0. The molecule has 0 radical (unpaired) electrons. The second kappa shape index (κ2) is 6.52. The molecule has 0 heterocycles. The van der Waals surface area contributed by atoms with Gasteiger partial charge in [0, 0.05) is 10.9 Å². The summed E-state index contributed by atoms with van der Waals surface area (Å²) >= 11 is 0. The maximum Gasteiger partial charge on any atom is 0.138 e. The molecule has 0 amide bonds. The second-order valence-electron chi connectivity index (χ2n) is 6.28. The number of rotatable bonds is 3. The minimum absolute atomic E-state index is 0.156. The number of hydrogen-bond donors (Lipinski definition) is 0. The first kappa shape index (κ1) is 15.6. The van der Waals surface area contributed by atoms with E-state index in [1.807, 2.05) is 54.6 Å². The normalized spacial score (nSPS) is 11.0. The fraction of sp³-hybridized carbons (Fsp3) is 0.0833. The largest absolute Gasteiger partial charge is 0.206 e. The summed E-state index contributed by atoms with van der Waals surface area (Å²) in [6, 6.07) is 28.1. The van der Waals surface area contributed by atoms with Gasteiger partial charge in [-0.15, -0.1) is 0 Å². The average molecular weight is 326 g/mol. The minimum atomic E-state index is -0.156. The summed E-state index contributed by atoms with van der Waals surface area (Å²) < 4.78 is 15.0. The van der Waals surface area contributed by atoms with Crippen LogP contribution in [-0.2, 0) is 6.42 Å². The molecular formula is C24H19F. The molecule has 0 bridgehead atoms. The van der Waals surface area contributed by atoms with Crippen LogP contribution in [0.1, 0.15) is 12.5 Å². The summed E-state index contributed by atoms with van der Waals surface area (Å²) in [6.07, 6.45) is 1.03. The van der Waals surface area contributed by atoms with Crippen molar-refractivity contribution in [3.8, 4) is 22.3 Å². The van der Waals surface area contributed by atoms with Crippen molar-refractivity contribution in [1.29, 1.82) is 0 Å². The van der Waals surface area contributed by atoms with Crippen molar-refractivity contribution >= 4 is 10.8 Å². The quantitative estimate of drug-likeness (QED) is 0.385. The highest BCUT2D eigenvalue weighted by atomic mass is 19.1. The molecule has 0 aliphatic rings. The molecule has 0 aromatic heterocycles. The molecule has 122 valence electrons. The third kappa shape index (κ3) is 2.94. The van der Waals surface area contributed by atoms with E-state index in [1.165, 1.54) is 5.56 Å². The first-order valence-electron chi connectivity index (χ1n) is 8.63. The maximum absolute atomic E-state index is 15.0. The van der Waals surface area contributed by atoms with Gasteiger partial charge in [0.25, 0.3) is 0 Å². The number of aryl methyl sites for hydroxylation is 1. The van der Waals surface area contributed by atoms with E-state index in [4.69, 9.17) is 0 Å². The highest BCUT2D eigenvalue weighted by Gasteiger charge is 2.10. The predicted molar refractivity (Wildman–Crippen MR) is 104 cm³/mol. The Labute approximate surface area is 147 Å². The highest BCUT2D eigenvalue weighted by molar-refractivity contribution is 5.91. The van der Waals surface area contributed by atoms with Crippen LogP contribution in [0.4, 0.5) is 4.39 Å². The van der Waals surface area contributed by atoms with Gasteiger partial charge in [-0.1, -0.05) is 85.8 Å². The van der Waals surface area contributed by atoms with Crippen LogP contribution in [0.5, 0.6) is 0 Å². The summed E-state index contributed by atoms with van der Waals surface area (Å²) in [7, 11) is 0. The van der Waals surface area contributed by atoms with Crippen molar-refractivity contribution in [2.75, 3.05) is 0 Å². The Morgan fingerprint density at radius 2 is 1.40 bits per heavy atom. The summed E-state index contributed by atoms with van der Waals surface area (Å²) in [4.78, 5) is 0. The van der Waals surface area contributed by atoms with E-state index in [9.17, 15) is 4.39 Å². The Morgan fingerprint density at radius 3 is 2.12 bits per heavy atom. The molecule has 0 fully saturated rings. The van der Waals surface area contributed by atoms with E-state index < -0.39 is 0 Å². The third-order valence-corrected chi connectivity index (χ3v) is 4.73. The van der Waals surface area contributed by atoms with Crippen LogP contribution in [0.2, 0.25) is 0 Å². The van der Waals surface area contributed by atoms with E-state index in [0.29, 0.717) is 10.9 Å². The van der Waals surface area contributed by atoms with Crippen LogP contribution in [0.25, 0.3) is 33.0 Å². The van der Waals surface area contributed by atoms with E-state index in [-0.39, 0.29) is 5.82 Å². The van der Waals surface area contributed by atoms with Gasteiger partial charge < -0.3 is 0 Å². The second-order valence-corrected chi connectivity index (χ2v) is 6.28. The van der Waals surface area contributed by atoms with Crippen LogP contribution in [0.15, 0.2) is 84.9 Å². The Bertz CT molecular complexity index is 1020. The zero-order valence-corrected chi connectivity index (χ0v) is 14.2. The lowest BCUT2D eigenvalue weighted by Gasteiger charge is -2.09. The number of hydrogen-bond acceptors (Lipinski definition) is 0. The fourth-order valence-electron chi connectivity index (χ4n) is 3.24. The summed E-state index contributed by atoms with van der Waals surface area (Å²) in [5.41, 5.74) is 5.14. The van der Waals surface area contributed by atoms with Crippen LogP contribution in [-0.4, -0.2) is 0 Å². The monoisotopic (exact) mass is 326 g/mol. The number of halogens is 1. The van der Waals surface area contributed by atoms with E-state index in [0.717, 1.165) is 28.5 Å². The van der Waals surface area contributed by atoms with E-state index in [2.05, 4.69) is 37.3 Å². The van der Waals surface area contributed by atoms with Crippen molar-refractivity contribution in [1.82, 2.24) is 0 Å². The molecule has 4 aromatic carbocycles. The molecule has 0 spiro atoms. The molecule has 0 saturated carbocycles. The van der Waals surface area contributed by atoms with Gasteiger partial charge >= 0.3 is 0 Å². The zero-order chi connectivity index (χ0) is 17.2. The van der Waals surface area contributed by atoms with E-state index >= 15 is 0 Å². The molecule has 0 atom stereocenters. The smallest absolute Gasteiger partial charge is 0.138 e. The Kier molecular flexibility index (Phi) is 4.07. The predicted octanol–water partition coefficient (Wildman–Crippen LogP) is 6.88. The summed E-state index contributed by atoms with van der Waals surface area (Å²) in [6.45, 7) is 2.15. The van der Waals surface area contributed by atoms with Crippen LogP contribution in [0.3, 0.4) is 0 Å². The molecule has 4 rings (SSSR count). The van der Waals surface area contributed by atoms with Gasteiger partial charge in [0.2, 0.25) is 0 Å². The van der Waals surface area contributed by atoms with Crippen LogP contribution >= 0.6 is 0 Å². The minimum Gasteiger partial charge on any atom is -0.206 e. The lowest BCUT2D eigenvalue weighted by Crippen LogP contribution is -1.88. The number of fused-ring (bicyclic) bond motifs is 1. The van der Waals surface area contributed by atoms with Gasteiger partial charge in [0.05, 0.1) is 0 Å². The highest BCUT2D eigenvalue weighted by Crippen LogP contribution is 2.31. The lowest BCUT2D eigenvalue weighted by molar-refractivity contribution is 0.643. The Morgan fingerprint density at radius 1 is 0.680 bits per heavy atom. The summed E-state index contributed by atoms with van der Waals surface area (Å²) in [5.74, 6) is -0.156. The van der Waals surface area contributed by atoms with Gasteiger partial charge in [0.15, 0.2) is 0 Å². The van der Waals surface area contributed by atoms with Gasteiger partial charge in [0.1, 0.15) is 5.82 Å². The molecule has 0 unspecified atom stereocenters.